The third kappa shape index (κ3) is 7.28. The summed E-state index contributed by atoms with van der Waals surface area (Å²) < 4.78 is 5.17. The van der Waals surface area contributed by atoms with E-state index in [-0.39, 0.29) is 23.0 Å². The van der Waals surface area contributed by atoms with Crippen LogP contribution in [0, 0.1) is 27.7 Å². The molecule has 0 saturated heterocycles. The minimum absolute atomic E-state index is 0.00230. The van der Waals surface area contributed by atoms with Crippen molar-refractivity contribution in [1.29, 1.82) is 0 Å². The number of aryl methyl sites for hydroxylation is 4. The maximum atomic E-state index is 2.69. The smallest absolute Gasteiger partial charge is 0.252 e. The minimum atomic E-state index is -0.157. The van der Waals surface area contributed by atoms with Crippen LogP contribution >= 0.6 is 11.3 Å². The summed E-state index contributed by atoms with van der Waals surface area (Å²) in [4.78, 5) is 5.36. The standard InChI is InChI=1S/C70H66BN3S/c1-41-32-45(50-26-21-27-53-52-25-18-20-29-63(52)75-67(50)53)33-42(2)65(41)73-58-31-30-46(68(5,6)7)36-55(58)71-56-39-54-51-24-17-19-28-57(51)72(49-22-15-14-16-23-49)59(54)40-60(56)74(62-38-48(70(11,12)13)37-61(73)64(62)71)66-43(3)34-47(35-44(66)4)69(8,9)10/h14-40H,1-13H3. The summed E-state index contributed by atoms with van der Waals surface area (Å²) in [7, 11) is 0. The van der Waals surface area contributed by atoms with Gasteiger partial charge in [0.25, 0.3) is 6.71 Å². The molecule has 0 saturated carbocycles. The summed E-state index contributed by atoms with van der Waals surface area (Å²) in [6.07, 6.45) is 0. The van der Waals surface area contributed by atoms with Crippen LogP contribution in [-0.2, 0) is 16.2 Å². The summed E-state index contributed by atoms with van der Waals surface area (Å²) in [5.74, 6) is 0. The van der Waals surface area contributed by atoms with E-state index in [1.807, 2.05) is 11.3 Å². The van der Waals surface area contributed by atoms with Gasteiger partial charge < -0.3 is 14.4 Å². The van der Waals surface area contributed by atoms with Gasteiger partial charge in [0, 0.05) is 59.4 Å². The average Bonchev–Trinajstić information content (AvgIpc) is 3.94. The monoisotopic (exact) mass is 992 g/mol. The highest BCUT2D eigenvalue weighted by Crippen LogP contribution is 2.51. The molecule has 0 radical (unpaired) electrons. The summed E-state index contributed by atoms with van der Waals surface area (Å²) in [6, 6.07) is 63.2. The van der Waals surface area contributed by atoms with Crippen molar-refractivity contribution >= 4 is 111 Å². The van der Waals surface area contributed by atoms with Crippen LogP contribution < -0.4 is 26.2 Å². The second kappa shape index (κ2) is 16.6. The van der Waals surface area contributed by atoms with Crippen LogP contribution in [0.2, 0.25) is 0 Å². The average molecular weight is 992 g/mol. The lowest BCUT2D eigenvalue weighted by Gasteiger charge is -2.46. The number of anilines is 6. The van der Waals surface area contributed by atoms with Crippen LogP contribution in [0.1, 0.15) is 101 Å². The van der Waals surface area contributed by atoms with E-state index in [0.717, 1.165) is 5.69 Å². The number of hydrogen-bond acceptors (Lipinski definition) is 3. The van der Waals surface area contributed by atoms with E-state index in [4.69, 9.17) is 0 Å². The molecule has 5 heteroatoms. The molecule has 2 aromatic heterocycles. The number of rotatable bonds is 4. The zero-order valence-electron chi connectivity index (χ0n) is 45.9. The first-order valence-corrected chi connectivity index (χ1v) is 27.8. The van der Waals surface area contributed by atoms with Gasteiger partial charge in [-0.1, -0.05) is 165 Å². The molecule has 13 rings (SSSR count). The first-order valence-electron chi connectivity index (χ1n) is 27.0. The first-order chi connectivity index (χ1) is 35.8. The van der Waals surface area contributed by atoms with Crippen molar-refractivity contribution in [1.82, 2.24) is 4.57 Å². The quantitative estimate of drug-likeness (QED) is 0.163. The Balaban J connectivity index is 1.15. The molecular formula is C70H66BN3S. The highest BCUT2D eigenvalue weighted by atomic mass is 32.1. The molecule has 0 amide bonds. The largest absolute Gasteiger partial charge is 0.311 e. The van der Waals surface area contributed by atoms with Crippen LogP contribution in [0.5, 0.6) is 0 Å². The molecule has 2 aliphatic heterocycles. The Labute approximate surface area is 448 Å². The predicted molar refractivity (Wildman–Crippen MR) is 328 cm³/mol. The molecule has 0 unspecified atom stereocenters. The van der Waals surface area contributed by atoms with Crippen molar-refractivity contribution in [3.8, 4) is 16.8 Å². The molecule has 3 nitrogen and oxygen atoms in total. The Morgan fingerprint density at radius 1 is 0.400 bits per heavy atom. The number of para-hydroxylation sites is 2. The summed E-state index contributed by atoms with van der Waals surface area (Å²) >= 11 is 1.91. The van der Waals surface area contributed by atoms with E-state index in [9.17, 15) is 0 Å². The minimum Gasteiger partial charge on any atom is -0.311 e. The van der Waals surface area contributed by atoms with Gasteiger partial charge in [-0.3, -0.25) is 0 Å². The van der Waals surface area contributed by atoms with Crippen LogP contribution in [0.15, 0.2) is 164 Å². The van der Waals surface area contributed by atoms with Crippen molar-refractivity contribution in [2.45, 2.75) is 106 Å². The number of aromatic nitrogens is 1. The Kier molecular flexibility index (Phi) is 10.5. The predicted octanol–water partition coefficient (Wildman–Crippen LogP) is 18.0. The van der Waals surface area contributed by atoms with Gasteiger partial charge in [0.2, 0.25) is 0 Å². The molecule has 9 aromatic carbocycles. The topological polar surface area (TPSA) is 11.4 Å². The highest BCUT2D eigenvalue weighted by Gasteiger charge is 2.46. The third-order valence-electron chi connectivity index (χ3n) is 16.6. The molecule has 0 N–H and O–H groups in total. The lowest BCUT2D eigenvalue weighted by Crippen LogP contribution is -2.61. The number of fused-ring (bicyclic) bond motifs is 10. The van der Waals surface area contributed by atoms with Gasteiger partial charge in [-0.25, -0.2) is 0 Å². The number of hydrogen-bond donors (Lipinski definition) is 0. The van der Waals surface area contributed by atoms with E-state index < -0.39 is 0 Å². The molecule has 2 aliphatic rings. The molecule has 4 heterocycles. The SMILES string of the molecule is Cc1cc(-c2cccc3c2sc2ccccc23)cc(C)c1N1c2ccc(C(C)(C)C)cc2B2c3cc4c5ccccc5n(-c5ccccc5)c4cc3N(c3c(C)cc(C(C)(C)C)cc3C)c3cc(C(C)(C)C)cc1c32. The van der Waals surface area contributed by atoms with Gasteiger partial charge in [0.1, 0.15) is 0 Å². The molecule has 0 bridgehead atoms. The lowest BCUT2D eigenvalue weighted by atomic mass is 9.33. The van der Waals surface area contributed by atoms with Crippen LogP contribution in [0.4, 0.5) is 34.1 Å². The van der Waals surface area contributed by atoms with Crippen molar-refractivity contribution < 1.29 is 0 Å². The maximum Gasteiger partial charge on any atom is 0.252 e. The summed E-state index contributed by atoms with van der Waals surface area (Å²) in [5, 5.41) is 5.19. The molecule has 0 aliphatic carbocycles. The van der Waals surface area contributed by atoms with E-state index in [1.165, 1.54) is 143 Å². The molecule has 370 valence electrons. The molecule has 0 fully saturated rings. The molecule has 0 spiro atoms. The summed E-state index contributed by atoms with van der Waals surface area (Å²) in [6.45, 7) is 30.6. The van der Waals surface area contributed by atoms with Crippen molar-refractivity contribution in [2.75, 3.05) is 9.80 Å². The fraction of sp³-hybridized carbons (Fsp3) is 0.229. The fourth-order valence-corrected chi connectivity index (χ4v) is 14.1. The second-order valence-corrected chi connectivity index (χ2v) is 25.9. The molecule has 11 aromatic rings. The Morgan fingerprint density at radius 3 is 1.60 bits per heavy atom. The second-order valence-electron chi connectivity index (χ2n) is 24.9. The lowest BCUT2D eigenvalue weighted by molar-refractivity contribution is 0.589. The van der Waals surface area contributed by atoms with Crippen LogP contribution in [0.3, 0.4) is 0 Å². The maximum absolute atomic E-state index is 2.69. The number of thiophene rings is 1. The van der Waals surface area contributed by atoms with Gasteiger partial charge in [-0.05, 0) is 171 Å². The van der Waals surface area contributed by atoms with Gasteiger partial charge in [0.15, 0.2) is 0 Å². The first kappa shape index (κ1) is 47.4. The van der Waals surface area contributed by atoms with Crippen LogP contribution in [-0.4, -0.2) is 11.3 Å². The zero-order valence-corrected chi connectivity index (χ0v) is 46.7. The Bertz CT molecular complexity index is 4140. The van der Waals surface area contributed by atoms with Gasteiger partial charge in [0.05, 0.1) is 22.4 Å². The van der Waals surface area contributed by atoms with Gasteiger partial charge in [-0.15, -0.1) is 11.3 Å². The van der Waals surface area contributed by atoms with Gasteiger partial charge in [-0.2, -0.15) is 0 Å². The molecule has 75 heavy (non-hydrogen) atoms. The van der Waals surface area contributed by atoms with E-state index >= 15 is 0 Å². The van der Waals surface area contributed by atoms with Crippen LogP contribution in [0.25, 0.3) is 58.8 Å². The van der Waals surface area contributed by atoms with Crippen molar-refractivity contribution in [3.05, 3.63) is 203 Å². The van der Waals surface area contributed by atoms with Crippen molar-refractivity contribution in [2.24, 2.45) is 0 Å². The number of benzene rings is 9. The summed E-state index contributed by atoms with van der Waals surface area (Å²) in [5.41, 5.74) is 26.5. The number of nitrogens with zero attached hydrogens (tertiary/aromatic N) is 3. The molecular weight excluding hydrogens is 926 g/mol. The Morgan fingerprint density at radius 2 is 0.947 bits per heavy atom. The third-order valence-corrected chi connectivity index (χ3v) is 17.8. The van der Waals surface area contributed by atoms with E-state index in [2.05, 4.69) is 268 Å². The normalized spacial score (nSPS) is 13.6. The molecule has 0 atom stereocenters. The zero-order chi connectivity index (χ0) is 52.2. The van der Waals surface area contributed by atoms with Gasteiger partial charge >= 0.3 is 0 Å². The highest BCUT2D eigenvalue weighted by molar-refractivity contribution is 7.26. The van der Waals surface area contributed by atoms with E-state index in [1.54, 1.807) is 0 Å². The fourth-order valence-electron chi connectivity index (χ4n) is 12.9. The Hall–Kier alpha value is -7.34. The van der Waals surface area contributed by atoms with Crippen molar-refractivity contribution in [3.63, 3.8) is 0 Å². The van der Waals surface area contributed by atoms with E-state index in [0.29, 0.717) is 0 Å².